The number of rotatable bonds is 18. The van der Waals surface area contributed by atoms with Crippen molar-refractivity contribution in [1.82, 2.24) is 0 Å². The zero-order chi connectivity index (χ0) is 28.7. The normalized spacial score (nSPS) is 10.4. The molecule has 0 saturated carbocycles. The molecule has 0 atom stereocenters. The van der Waals surface area contributed by atoms with Crippen LogP contribution in [0.4, 0.5) is 11.4 Å². The van der Waals surface area contributed by atoms with Crippen molar-refractivity contribution >= 4 is 11.4 Å². The Balaban J connectivity index is 0.00000441. The van der Waals surface area contributed by atoms with Gasteiger partial charge in [-0.05, 0) is 27.7 Å². The van der Waals surface area contributed by atoms with Crippen molar-refractivity contribution in [3.05, 3.63) is 107 Å². The van der Waals surface area contributed by atoms with Gasteiger partial charge in [-0.15, -0.1) is 82.6 Å². The third-order valence-corrected chi connectivity index (χ3v) is 8.31. The van der Waals surface area contributed by atoms with Crippen LogP contribution in [0.15, 0.2) is 72.8 Å². The first-order valence-corrected chi connectivity index (χ1v) is 16.1. The second-order valence-corrected chi connectivity index (χ2v) is 10.9. The minimum Gasteiger partial charge on any atom is -0.373 e. The fourth-order valence-corrected chi connectivity index (χ4v) is 5.83. The van der Waals surface area contributed by atoms with Crippen molar-refractivity contribution in [2.75, 3.05) is 36.0 Å². The second-order valence-electron chi connectivity index (χ2n) is 10.9. The summed E-state index contributed by atoms with van der Waals surface area (Å²) in [5.41, 5.74) is 8.10. The maximum Gasteiger partial charge on any atom is 1.00 e. The monoisotopic (exact) mass is 552 g/mol. The molecule has 0 aliphatic carbocycles. The quantitative estimate of drug-likeness (QED) is 0.130. The van der Waals surface area contributed by atoms with Crippen LogP contribution in [-0.4, -0.2) is 26.2 Å². The van der Waals surface area contributed by atoms with E-state index in [1.165, 1.54) is 84.0 Å². The Morgan fingerprint density at radius 3 is 1.12 bits per heavy atom. The zero-order valence-corrected chi connectivity index (χ0v) is 28.3. The van der Waals surface area contributed by atoms with Crippen molar-refractivity contribution in [3.63, 3.8) is 0 Å². The van der Waals surface area contributed by atoms with E-state index in [1.807, 2.05) is 0 Å². The van der Waals surface area contributed by atoms with Crippen molar-refractivity contribution in [2.24, 2.45) is 0 Å². The fourth-order valence-electron chi connectivity index (χ4n) is 5.83. The Bertz CT molecular complexity index is 1000. The van der Waals surface area contributed by atoms with Crippen molar-refractivity contribution < 1.29 is 37.7 Å². The van der Waals surface area contributed by atoms with E-state index in [1.54, 1.807) is 0 Å². The van der Waals surface area contributed by atoms with Gasteiger partial charge in [-0.3, -0.25) is 0 Å². The Morgan fingerprint density at radius 2 is 0.810 bits per heavy atom. The molecule has 0 fully saturated rings. The van der Waals surface area contributed by atoms with Gasteiger partial charge in [-0.2, -0.15) is 0 Å². The molecule has 0 spiro atoms. The first-order valence-electron chi connectivity index (χ1n) is 16.1. The number of nitrogens with zero attached hydrogens (tertiary/aromatic N) is 2. The summed E-state index contributed by atoms with van der Waals surface area (Å²) in [7, 11) is 0. The molecule has 0 N–H and O–H groups in total. The second kappa shape index (κ2) is 21.0. The van der Waals surface area contributed by atoms with Gasteiger partial charge in [0.25, 0.3) is 0 Å². The molecule has 0 heterocycles. The molecule has 0 aliphatic rings. The van der Waals surface area contributed by atoms with E-state index >= 15 is 0 Å². The SMILES string of the molecule is CCCCC[C-](c1ccc(N(CC)CC)cc1)c1cccc([C-](CCCCC)c2ccc(N(CC)CC)cc2)c1.[Li+].[Li+]. The molecule has 42 heavy (non-hydrogen) atoms. The summed E-state index contributed by atoms with van der Waals surface area (Å²) in [6, 6.07) is 28.0. The molecule has 0 amide bonds. The summed E-state index contributed by atoms with van der Waals surface area (Å²) < 4.78 is 0. The van der Waals surface area contributed by atoms with Gasteiger partial charge in [0.05, 0.1) is 0 Å². The smallest absolute Gasteiger partial charge is 0.373 e. The molecule has 3 aromatic rings. The zero-order valence-electron chi connectivity index (χ0n) is 28.3. The average Bonchev–Trinajstić information content (AvgIpc) is 3.00. The third-order valence-electron chi connectivity index (χ3n) is 8.31. The van der Waals surface area contributed by atoms with E-state index in [2.05, 4.69) is 124 Å². The van der Waals surface area contributed by atoms with Crippen LogP contribution in [0.25, 0.3) is 0 Å². The molecule has 0 aliphatic heterocycles. The maximum atomic E-state index is 2.47. The van der Waals surface area contributed by atoms with Crippen LogP contribution in [0.3, 0.4) is 0 Å². The van der Waals surface area contributed by atoms with Crippen LogP contribution >= 0.6 is 0 Å². The average molecular weight is 553 g/mol. The number of hydrogen-bond acceptors (Lipinski definition) is 2. The van der Waals surface area contributed by atoms with Gasteiger partial charge in [0.1, 0.15) is 0 Å². The molecule has 218 valence electrons. The molecule has 3 rings (SSSR count). The van der Waals surface area contributed by atoms with E-state index in [9.17, 15) is 0 Å². The van der Waals surface area contributed by atoms with Crippen LogP contribution in [-0.2, 0) is 0 Å². The van der Waals surface area contributed by atoms with E-state index in [0.717, 1.165) is 39.0 Å². The third kappa shape index (κ3) is 10.7. The molecule has 0 saturated heterocycles. The summed E-state index contributed by atoms with van der Waals surface area (Å²) in [6.07, 6.45) is 9.72. The maximum absolute atomic E-state index is 2.47. The van der Waals surface area contributed by atoms with Crippen LogP contribution in [0.2, 0.25) is 0 Å². The standard InChI is InChI=1S/C38H54N2.2Li/c1-7-13-15-20-37(31-22-26-35(27-23-31)39(9-3)10-4)33-18-17-19-34(30-33)38(21-16-14-8-2)32-24-28-36(29-25-32)40(11-5)12-6;;/h17-19,22-30H,7-16,20-21H2,1-6H3;;/q-2;2*+1. The van der Waals surface area contributed by atoms with Gasteiger partial charge in [-0.1, -0.05) is 89.5 Å². The summed E-state index contributed by atoms with van der Waals surface area (Å²) in [5, 5.41) is 0. The summed E-state index contributed by atoms with van der Waals surface area (Å²) in [6.45, 7) is 17.7. The minimum absolute atomic E-state index is 0. The largest absolute Gasteiger partial charge is 1.00 e. The summed E-state index contributed by atoms with van der Waals surface area (Å²) in [4.78, 5) is 4.84. The molecule has 0 aromatic heterocycles. The first kappa shape index (κ1) is 38.2. The van der Waals surface area contributed by atoms with Gasteiger partial charge >= 0.3 is 37.7 Å². The minimum atomic E-state index is 0. The molecule has 0 unspecified atom stereocenters. The van der Waals surface area contributed by atoms with E-state index in [-0.39, 0.29) is 37.7 Å². The van der Waals surface area contributed by atoms with Crippen LogP contribution in [0, 0.1) is 11.8 Å². The van der Waals surface area contributed by atoms with Crippen molar-refractivity contribution in [2.45, 2.75) is 92.9 Å². The Kier molecular flexibility index (Phi) is 19.1. The Labute approximate surface area is 283 Å². The molecular formula is C38H54Li2N2. The number of unbranched alkanes of at least 4 members (excludes halogenated alkanes) is 4. The molecular weight excluding hydrogens is 498 g/mol. The van der Waals surface area contributed by atoms with Crippen LogP contribution < -0.4 is 47.5 Å². The molecule has 2 nitrogen and oxygen atoms in total. The Morgan fingerprint density at radius 1 is 0.452 bits per heavy atom. The van der Waals surface area contributed by atoms with Gasteiger partial charge in [0, 0.05) is 37.6 Å². The first-order chi connectivity index (χ1) is 19.6. The van der Waals surface area contributed by atoms with Gasteiger partial charge in [0.2, 0.25) is 0 Å². The molecule has 3 aromatic carbocycles. The predicted molar refractivity (Wildman–Crippen MR) is 178 cm³/mol. The topological polar surface area (TPSA) is 6.48 Å². The summed E-state index contributed by atoms with van der Waals surface area (Å²) >= 11 is 0. The Hall–Kier alpha value is -1.81. The molecule has 0 bridgehead atoms. The number of hydrogen-bond donors (Lipinski definition) is 0. The van der Waals surface area contributed by atoms with Crippen molar-refractivity contribution in [1.29, 1.82) is 0 Å². The predicted octanol–water partition coefficient (Wildman–Crippen LogP) is 4.49. The van der Waals surface area contributed by atoms with Gasteiger partial charge in [0.15, 0.2) is 0 Å². The van der Waals surface area contributed by atoms with Crippen LogP contribution in [0.1, 0.15) is 115 Å². The van der Waals surface area contributed by atoms with Gasteiger partial charge in [-0.25, -0.2) is 0 Å². The summed E-state index contributed by atoms with van der Waals surface area (Å²) in [5.74, 6) is 2.96. The van der Waals surface area contributed by atoms with Crippen LogP contribution in [0.5, 0.6) is 0 Å². The van der Waals surface area contributed by atoms with E-state index < -0.39 is 0 Å². The molecule has 4 heteroatoms. The van der Waals surface area contributed by atoms with Crippen molar-refractivity contribution in [3.8, 4) is 0 Å². The number of benzene rings is 3. The van der Waals surface area contributed by atoms with E-state index in [4.69, 9.17) is 0 Å². The molecule has 0 radical (unpaired) electrons. The van der Waals surface area contributed by atoms with E-state index in [0.29, 0.717) is 0 Å². The fraction of sp³-hybridized carbons (Fsp3) is 0.474. The number of anilines is 2. The van der Waals surface area contributed by atoms with Gasteiger partial charge < -0.3 is 9.80 Å².